The second-order valence-corrected chi connectivity index (χ2v) is 5.47. The number of hydrogen-bond donors (Lipinski definition) is 2. The van der Waals surface area contributed by atoms with Crippen LogP contribution in [0.5, 0.6) is 0 Å². The molecule has 1 saturated carbocycles. The fourth-order valence-electron chi connectivity index (χ4n) is 2.72. The lowest BCUT2D eigenvalue weighted by Gasteiger charge is -2.23. The number of nitro groups is 1. The van der Waals surface area contributed by atoms with Crippen molar-refractivity contribution in [2.45, 2.75) is 45.1 Å². The molecule has 1 aromatic heterocycles. The molecule has 0 bridgehead atoms. The quantitative estimate of drug-likeness (QED) is 0.501. The fraction of sp³-hybridized carbons (Fsp3) is 0.643. The summed E-state index contributed by atoms with van der Waals surface area (Å²) in [6.45, 7) is 2.24. The van der Waals surface area contributed by atoms with Crippen LogP contribution in [0.2, 0.25) is 0 Å². The predicted octanol–water partition coefficient (Wildman–Crippen LogP) is 3.41. The highest BCUT2D eigenvalue weighted by atomic mass is 16.6. The molecule has 1 aliphatic rings. The van der Waals surface area contributed by atoms with Gasteiger partial charge in [0.15, 0.2) is 0 Å². The highest BCUT2D eigenvalue weighted by Gasteiger charge is 2.21. The van der Waals surface area contributed by atoms with Gasteiger partial charge < -0.3 is 10.6 Å². The Morgan fingerprint density at radius 3 is 2.65 bits per heavy atom. The first-order valence-electron chi connectivity index (χ1n) is 7.21. The van der Waals surface area contributed by atoms with E-state index in [0.29, 0.717) is 23.6 Å². The summed E-state index contributed by atoms with van der Waals surface area (Å²) in [5.74, 6) is 1.67. The van der Waals surface area contributed by atoms with Crippen LogP contribution < -0.4 is 10.6 Å². The molecule has 2 N–H and O–H groups in total. The van der Waals surface area contributed by atoms with Crippen molar-refractivity contribution in [3.63, 3.8) is 0 Å². The molecule has 6 heteroatoms. The first-order valence-corrected chi connectivity index (χ1v) is 7.21. The average molecular weight is 278 g/mol. The highest BCUT2D eigenvalue weighted by Crippen LogP contribution is 2.27. The Bertz CT molecular complexity index is 478. The molecule has 1 heterocycles. The minimum atomic E-state index is -0.385. The predicted molar refractivity (Wildman–Crippen MR) is 80.1 cm³/mol. The van der Waals surface area contributed by atoms with E-state index in [-0.39, 0.29) is 10.6 Å². The van der Waals surface area contributed by atoms with E-state index < -0.39 is 0 Å². The van der Waals surface area contributed by atoms with Crippen molar-refractivity contribution >= 4 is 17.3 Å². The maximum Gasteiger partial charge on any atom is 0.276 e. The smallest absolute Gasteiger partial charge is 0.276 e. The van der Waals surface area contributed by atoms with Gasteiger partial charge >= 0.3 is 0 Å². The molecule has 2 atom stereocenters. The lowest BCUT2D eigenvalue weighted by molar-refractivity contribution is -0.384. The molecule has 0 radical (unpaired) electrons. The van der Waals surface area contributed by atoms with E-state index >= 15 is 0 Å². The molecule has 0 aliphatic heterocycles. The average Bonchev–Trinajstić information content (AvgIpc) is 2.64. The Labute approximate surface area is 119 Å². The second-order valence-electron chi connectivity index (χ2n) is 5.47. The number of pyridine rings is 1. The van der Waals surface area contributed by atoms with E-state index in [4.69, 9.17) is 0 Å². The zero-order valence-electron chi connectivity index (χ0n) is 12.1. The molecule has 0 amide bonds. The minimum Gasteiger partial charge on any atom is -0.373 e. The zero-order valence-corrected chi connectivity index (χ0v) is 12.1. The molecule has 0 spiro atoms. The molecule has 1 fully saturated rings. The van der Waals surface area contributed by atoms with Crippen LogP contribution in [0.1, 0.15) is 39.0 Å². The summed E-state index contributed by atoms with van der Waals surface area (Å²) in [7, 11) is 1.71. The molecule has 110 valence electrons. The summed E-state index contributed by atoms with van der Waals surface area (Å²) in [5.41, 5.74) is 0.0631. The third-order valence-corrected chi connectivity index (χ3v) is 3.97. The standard InChI is InChI=1S/C14H22N4O2/c1-10-6-4-3-5-7-12(10)16-14-9-11(18(19)20)8-13(15-2)17-14/h8-10,12H,3-7H2,1-2H3,(H2,15,16,17). The van der Waals surface area contributed by atoms with Gasteiger partial charge in [0.2, 0.25) is 0 Å². The van der Waals surface area contributed by atoms with Gasteiger partial charge in [-0.15, -0.1) is 0 Å². The number of nitrogens with zero attached hydrogens (tertiary/aromatic N) is 2. The van der Waals surface area contributed by atoms with Crippen LogP contribution in [0, 0.1) is 16.0 Å². The minimum absolute atomic E-state index is 0.0631. The van der Waals surface area contributed by atoms with E-state index in [1.54, 1.807) is 7.05 Å². The van der Waals surface area contributed by atoms with Gasteiger partial charge in [-0.1, -0.05) is 26.2 Å². The van der Waals surface area contributed by atoms with Crippen LogP contribution in [-0.2, 0) is 0 Å². The van der Waals surface area contributed by atoms with Gasteiger partial charge in [-0.3, -0.25) is 10.1 Å². The molecule has 0 aromatic carbocycles. The Balaban J connectivity index is 2.18. The number of hydrogen-bond acceptors (Lipinski definition) is 5. The Morgan fingerprint density at radius 2 is 1.95 bits per heavy atom. The Hall–Kier alpha value is -1.85. The van der Waals surface area contributed by atoms with Crippen molar-refractivity contribution in [3.05, 3.63) is 22.2 Å². The van der Waals surface area contributed by atoms with Crippen molar-refractivity contribution in [3.8, 4) is 0 Å². The summed E-state index contributed by atoms with van der Waals surface area (Å²) in [4.78, 5) is 14.9. The normalized spacial score (nSPS) is 22.9. The van der Waals surface area contributed by atoms with Gasteiger partial charge in [-0.25, -0.2) is 4.98 Å². The van der Waals surface area contributed by atoms with Gasteiger partial charge in [-0.05, 0) is 18.8 Å². The van der Waals surface area contributed by atoms with Gasteiger partial charge in [0, 0.05) is 13.1 Å². The third kappa shape index (κ3) is 3.59. The van der Waals surface area contributed by atoms with E-state index in [9.17, 15) is 10.1 Å². The summed E-state index contributed by atoms with van der Waals surface area (Å²) in [6.07, 6.45) is 6.04. The molecular formula is C14H22N4O2. The van der Waals surface area contributed by atoms with Crippen molar-refractivity contribution in [1.82, 2.24) is 4.98 Å². The molecule has 1 aromatic rings. The first-order chi connectivity index (χ1) is 9.60. The van der Waals surface area contributed by atoms with Crippen LogP contribution in [0.15, 0.2) is 12.1 Å². The molecule has 2 unspecified atom stereocenters. The molecule has 6 nitrogen and oxygen atoms in total. The molecule has 0 saturated heterocycles. The molecule has 1 aliphatic carbocycles. The van der Waals surface area contributed by atoms with Crippen molar-refractivity contribution in [2.75, 3.05) is 17.7 Å². The fourth-order valence-corrected chi connectivity index (χ4v) is 2.72. The summed E-state index contributed by atoms with van der Waals surface area (Å²) < 4.78 is 0. The first kappa shape index (κ1) is 14.6. The lowest BCUT2D eigenvalue weighted by Crippen LogP contribution is -2.26. The van der Waals surface area contributed by atoms with Gasteiger partial charge in [0.1, 0.15) is 11.6 Å². The number of rotatable bonds is 4. The Kier molecular flexibility index (Phi) is 4.76. The molecule has 20 heavy (non-hydrogen) atoms. The van der Waals surface area contributed by atoms with E-state index in [1.807, 2.05) is 0 Å². The van der Waals surface area contributed by atoms with Crippen molar-refractivity contribution < 1.29 is 4.92 Å². The number of nitrogens with one attached hydrogen (secondary N) is 2. The van der Waals surface area contributed by atoms with E-state index in [2.05, 4.69) is 22.5 Å². The van der Waals surface area contributed by atoms with Crippen LogP contribution >= 0.6 is 0 Å². The molecular weight excluding hydrogens is 256 g/mol. The van der Waals surface area contributed by atoms with Crippen molar-refractivity contribution in [1.29, 1.82) is 0 Å². The van der Waals surface area contributed by atoms with Gasteiger partial charge in [0.25, 0.3) is 5.69 Å². The van der Waals surface area contributed by atoms with E-state index in [1.165, 1.54) is 37.8 Å². The van der Waals surface area contributed by atoms with Gasteiger partial charge in [0.05, 0.1) is 17.1 Å². The van der Waals surface area contributed by atoms with Crippen LogP contribution in [0.3, 0.4) is 0 Å². The third-order valence-electron chi connectivity index (χ3n) is 3.97. The van der Waals surface area contributed by atoms with Gasteiger partial charge in [-0.2, -0.15) is 0 Å². The van der Waals surface area contributed by atoms with Crippen LogP contribution in [0.4, 0.5) is 17.3 Å². The SMILES string of the molecule is CNc1cc([N+](=O)[O-])cc(NC2CCCCCC2C)n1. The second kappa shape index (κ2) is 6.54. The van der Waals surface area contributed by atoms with Crippen molar-refractivity contribution in [2.24, 2.45) is 5.92 Å². The zero-order chi connectivity index (χ0) is 14.5. The monoisotopic (exact) mass is 278 g/mol. The number of anilines is 2. The van der Waals surface area contributed by atoms with Crippen LogP contribution in [-0.4, -0.2) is 23.0 Å². The summed E-state index contributed by atoms with van der Waals surface area (Å²) in [6, 6.07) is 3.30. The summed E-state index contributed by atoms with van der Waals surface area (Å²) >= 11 is 0. The topological polar surface area (TPSA) is 80.1 Å². The maximum absolute atomic E-state index is 11.0. The lowest BCUT2D eigenvalue weighted by atomic mass is 9.97. The maximum atomic E-state index is 11.0. The Morgan fingerprint density at radius 1 is 1.25 bits per heavy atom. The van der Waals surface area contributed by atoms with Crippen LogP contribution in [0.25, 0.3) is 0 Å². The summed E-state index contributed by atoms with van der Waals surface area (Å²) in [5, 5.41) is 17.2. The number of aromatic nitrogens is 1. The largest absolute Gasteiger partial charge is 0.373 e. The molecule has 2 rings (SSSR count). The highest BCUT2D eigenvalue weighted by molar-refractivity contribution is 5.54. The van der Waals surface area contributed by atoms with E-state index in [0.717, 1.165) is 6.42 Å².